The standard InChI is InChI=1S/C13H28N2.C2H6/c1-6-7-13(4,5)15-10-8-14(9-11-15)12(2)3;1-2/h12H,6-11H2,1-5H3;1-2H3. The zero-order chi connectivity index (χ0) is 13.5. The molecule has 1 heterocycles. The molecule has 0 aromatic heterocycles. The summed E-state index contributed by atoms with van der Waals surface area (Å²) in [6, 6.07) is 0.710. The summed E-state index contributed by atoms with van der Waals surface area (Å²) in [6.45, 7) is 20.6. The van der Waals surface area contributed by atoms with Crippen LogP contribution in [0.3, 0.4) is 0 Å². The maximum Gasteiger partial charge on any atom is 0.0154 e. The van der Waals surface area contributed by atoms with Gasteiger partial charge in [-0.15, -0.1) is 0 Å². The molecular formula is C15H34N2. The third kappa shape index (κ3) is 5.39. The fourth-order valence-electron chi connectivity index (χ4n) is 2.61. The second kappa shape index (κ2) is 8.10. The van der Waals surface area contributed by atoms with E-state index in [1.807, 2.05) is 13.8 Å². The van der Waals surface area contributed by atoms with Gasteiger partial charge in [-0.3, -0.25) is 9.80 Å². The molecule has 0 spiro atoms. The highest BCUT2D eigenvalue weighted by atomic mass is 15.3. The summed E-state index contributed by atoms with van der Waals surface area (Å²) >= 11 is 0. The first-order valence-electron chi connectivity index (χ1n) is 7.46. The second-order valence-electron chi connectivity index (χ2n) is 5.68. The lowest BCUT2D eigenvalue weighted by Crippen LogP contribution is -2.55. The molecule has 2 nitrogen and oxygen atoms in total. The SMILES string of the molecule is CC.CCCC(C)(C)N1CCN(C(C)C)CC1. The largest absolute Gasteiger partial charge is 0.298 e. The molecule has 0 aromatic carbocycles. The first-order chi connectivity index (χ1) is 7.97. The van der Waals surface area contributed by atoms with Crippen LogP contribution in [0.1, 0.15) is 61.3 Å². The monoisotopic (exact) mass is 242 g/mol. The average molecular weight is 242 g/mol. The van der Waals surface area contributed by atoms with E-state index in [4.69, 9.17) is 0 Å². The van der Waals surface area contributed by atoms with Crippen LogP contribution in [0.15, 0.2) is 0 Å². The van der Waals surface area contributed by atoms with Gasteiger partial charge in [0.25, 0.3) is 0 Å². The van der Waals surface area contributed by atoms with Crippen LogP contribution in [0, 0.1) is 0 Å². The van der Waals surface area contributed by atoms with Crippen LogP contribution in [-0.2, 0) is 0 Å². The van der Waals surface area contributed by atoms with E-state index in [1.165, 1.54) is 39.0 Å². The van der Waals surface area contributed by atoms with Crippen molar-refractivity contribution >= 4 is 0 Å². The number of piperazine rings is 1. The van der Waals surface area contributed by atoms with E-state index in [9.17, 15) is 0 Å². The lowest BCUT2D eigenvalue weighted by Gasteiger charge is -2.45. The normalized spacial score (nSPS) is 19.1. The van der Waals surface area contributed by atoms with Gasteiger partial charge in [-0.25, -0.2) is 0 Å². The Morgan fingerprint density at radius 2 is 1.47 bits per heavy atom. The van der Waals surface area contributed by atoms with Crippen molar-refractivity contribution in [2.45, 2.75) is 72.9 Å². The van der Waals surface area contributed by atoms with Crippen LogP contribution in [0.25, 0.3) is 0 Å². The van der Waals surface area contributed by atoms with E-state index < -0.39 is 0 Å². The van der Waals surface area contributed by atoms with Crippen LogP contribution in [-0.4, -0.2) is 47.6 Å². The summed E-state index contributed by atoms with van der Waals surface area (Å²) in [6.07, 6.45) is 2.60. The third-order valence-electron chi connectivity index (χ3n) is 3.76. The van der Waals surface area contributed by atoms with Gasteiger partial charge in [0.2, 0.25) is 0 Å². The van der Waals surface area contributed by atoms with Gasteiger partial charge in [-0.05, 0) is 34.1 Å². The molecule has 1 saturated heterocycles. The van der Waals surface area contributed by atoms with E-state index in [1.54, 1.807) is 0 Å². The maximum atomic E-state index is 2.66. The van der Waals surface area contributed by atoms with Gasteiger partial charge in [0.1, 0.15) is 0 Å². The van der Waals surface area contributed by atoms with E-state index in [0.717, 1.165) is 0 Å². The van der Waals surface area contributed by atoms with Crippen LogP contribution < -0.4 is 0 Å². The first-order valence-corrected chi connectivity index (χ1v) is 7.46. The Hall–Kier alpha value is -0.0800. The summed E-state index contributed by atoms with van der Waals surface area (Å²) in [5.74, 6) is 0. The van der Waals surface area contributed by atoms with Crippen LogP contribution in [0.2, 0.25) is 0 Å². The van der Waals surface area contributed by atoms with Crippen molar-refractivity contribution in [3.05, 3.63) is 0 Å². The molecule has 1 aliphatic rings. The van der Waals surface area contributed by atoms with Crippen molar-refractivity contribution in [1.29, 1.82) is 0 Å². The molecule has 0 amide bonds. The number of hydrogen-bond donors (Lipinski definition) is 0. The molecule has 0 aromatic rings. The van der Waals surface area contributed by atoms with Gasteiger partial charge in [0.05, 0.1) is 0 Å². The molecule has 1 rings (SSSR count). The molecule has 0 bridgehead atoms. The highest BCUT2D eigenvalue weighted by molar-refractivity contribution is 4.85. The number of rotatable bonds is 4. The number of hydrogen-bond acceptors (Lipinski definition) is 2. The van der Waals surface area contributed by atoms with Gasteiger partial charge in [0.15, 0.2) is 0 Å². The highest BCUT2D eigenvalue weighted by Crippen LogP contribution is 2.22. The van der Waals surface area contributed by atoms with E-state index in [0.29, 0.717) is 11.6 Å². The average Bonchev–Trinajstić information content (AvgIpc) is 2.32. The molecule has 0 aliphatic carbocycles. The second-order valence-corrected chi connectivity index (χ2v) is 5.68. The zero-order valence-corrected chi connectivity index (χ0v) is 13.2. The van der Waals surface area contributed by atoms with Gasteiger partial charge in [-0.1, -0.05) is 27.2 Å². The lowest BCUT2D eigenvalue weighted by molar-refractivity contribution is 0.0355. The van der Waals surface area contributed by atoms with Gasteiger partial charge in [0, 0.05) is 37.8 Å². The fourth-order valence-corrected chi connectivity index (χ4v) is 2.61. The minimum atomic E-state index is 0.401. The summed E-state index contributed by atoms with van der Waals surface area (Å²) in [5, 5.41) is 0. The summed E-state index contributed by atoms with van der Waals surface area (Å²) in [7, 11) is 0. The van der Waals surface area contributed by atoms with Crippen molar-refractivity contribution in [2.24, 2.45) is 0 Å². The van der Waals surface area contributed by atoms with Crippen molar-refractivity contribution in [3.8, 4) is 0 Å². The Morgan fingerprint density at radius 3 is 1.82 bits per heavy atom. The molecule has 1 aliphatic heterocycles. The molecule has 0 unspecified atom stereocenters. The lowest BCUT2D eigenvalue weighted by atomic mass is 9.95. The summed E-state index contributed by atoms with van der Waals surface area (Å²) < 4.78 is 0. The predicted molar refractivity (Wildman–Crippen MR) is 78.6 cm³/mol. The Bertz CT molecular complexity index is 179. The van der Waals surface area contributed by atoms with E-state index in [2.05, 4.69) is 44.4 Å². The molecule has 0 N–H and O–H groups in total. The first kappa shape index (κ1) is 16.9. The molecule has 0 saturated carbocycles. The molecular weight excluding hydrogens is 208 g/mol. The van der Waals surface area contributed by atoms with Crippen molar-refractivity contribution < 1.29 is 0 Å². The maximum absolute atomic E-state index is 2.66. The molecule has 0 atom stereocenters. The Kier molecular flexibility index (Phi) is 8.06. The van der Waals surface area contributed by atoms with E-state index >= 15 is 0 Å². The summed E-state index contributed by atoms with van der Waals surface area (Å²) in [5.41, 5.74) is 0.401. The zero-order valence-electron chi connectivity index (χ0n) is 13.2. The van der Waals surface area contributed by atoms with Gasteiger partial charge >= 0.3 is 0 Å². The third-order valence-corrected chi connectivity index (χ3v) is 3.76. The molecule has 1 fully saturated rings. The van der Waals surface area contributed by atoms with Crippen molar-refractivity contribution in [1.82, 2.24) is 9.80 Å². The highest BCUT2D eigenvalue weighted by Gasteiger charge is 2.29. The van der Waals surface area contributed by atoms with Gasteiger partial charge < -0.3 is 0 Å². The number of nitrogens with zero attached hydrogens (tertiary/aromatic N) is 2. The van der Waals surface area contributed by atoms with Crippen molar-refractivity contribution in [3.63, 3.8) is 0 Å². The Labute approximate surface area is 109 Å². The van der Waals surface area contributed by atoms with Gasteiger partial charge in [-0.2, -0.15) is 0 Å². The van der Waals surface area contributed by atoms with Crippen LogP contribution >= 0.6 is 0 Å². The van der Waals surface area contributed by atoms with Crippen LogP contribution in [0.4, 0.5) is 0 Å². The fraction of sp³-hybridized carbons (Fsp3) is 1.00. The predicted octanol–water partition coefficient (Wildman–Crippen LogP) is 3.62. The minimum absolute atomic E-state index is 0.401. The van der Waals surface area contributed by atoms with Crippen LogP contribution in [0.5, 0.6) is 0 Å². The molecule has 104 valence electrons. The smallest absolute Gasteiger partial charge is 0.0154 e. The molecule has 0 radical (unpaired) electrons. The topological polar surface area (TPSA) is 6.48 Å². The summed E-state index contributed by atoms with van der Waals surface area (Å²) in [4.78, 5) is 5.24. The Balaban J connectivity index is 0.00000121. The molecule has 2 heteroatoms. The quantitative estimate of drug-likeness (QED) is 0.743. The van der Waals surface area contributed by atoms with Crippen molar-refractivity contribution in [2.75, 3.05) is 26.2 Å². The Morgan fingerprint density at radius 1 is 1.00 bits per heavy atom. The minimum Gasteiger partial charge on any atom is -0.298 e. The van der Waals surface area contributed by atoms with E-state index in [-0.39, 0.29) is 0 Å². The molecule has 17 heavy (non-hydrogen) atoms.